The van der Waals surface area contributed by atoms with Crippen LogP contribution >= 0.6 is 11.3 Å². The second kappa shape index (κ2) is 9.00. The number of nitrogens with zero attached hydrogens (tertiary/aromatic N) is 2. The van der Waals surface area contributed by atoms with Crippen LogP contribution in [0.1, 0.15) is 12.1 Å². The average molecular weight is 420 g/mol. The highest BCUT2D eigenvalue weighted by atomic mass is 32.2. The van der Waals surface area contributed by atoms with E-state index in [1.807, 2.05) is 17.5 Å². The summed E-state index contributed by atoms with van der Waals surface area (Å²) in [6, 6.07) is 8.87. The Morgan fingerprint density at radius 1 is 1.11 bits per heavy atom. The third-order valence-electron chi connectivity index (χ3n) is 3.75. The highest BCUT2D eigenvalue weighted by molar-refractivity contribution is 7.89. The first-order chi connectivity index (χ1) is 13.5. The molecule has 3 aromatic rings. The zero-order valence-corrected chi connectivity index (χ0v) is 16.3. The van der Waals surface area contributed by atoms with E-state index in [0.717, 1.165) is 17.0 Å². The number of amides is 1. The van der Waals surface area contributed by atoms with Gasteiger partial charge in [-0.05, 0) is 23.6 Å². The Hall–Kier alpha value is -2.69. The molecule has 0 atom stereocenters. The summed E-state index contributed by atoms with van der Waals surface area (Å²) in [6.07, 6.45) is 3.03. The van der Waals surface area contributed by atoms with Crippen molar-refractivity contribution >= 4 is 27.3 Å². The number of halogens is 1. The van der Waals surface area contributed by atoms with Gasteiger partial charge in [0.25, 0.3) is 0 Å². The highest BCUT2D eigenvalue weighted by Gasteiger charge is 2.18. The van der Waals surface area contributed by atoms with Crippen molar-refractivity contribution in [2.45, 2.75) is 17.9 Å². The predicted octanol–water partition coefficient (Wildman–Crippen LogP) is 2.33. The number of nitrogens with one attached hydrogen (secondary N) is 2. The Morgan fingerprint density at radius 2 is 1.89 bits per heavy atom. The number of sulfonamides is 1. The number of carbonyl (C=O) groups is 1. The molecule has 0 unspecified atom stereocenters. The van der Waals surface area contributed by atoms with Gasteiger partial charge in [0.05, 0.1) is 17.1 Å². The van der Waals surface area contributed by atoms with Crippen LogP contribution in [0.15, 0.2) is 59.1 Å². The van der Waals surface area contributed by atoms with E-state index in [2.05, 4.69) is 20.0 Å². The lowest BCUT2D eigenvalue weighted by atomic mass is 10.2. The summed E-state index contributed by atoms with van der Waals surface area (Å²) in [4.78, 5) is 21.1. The van der Waals surface area contributed by atoms with Crippen molar-refractivity contribution in [3.63, 3.8) is 0 Å². The SMILES string of the molecule is O=C(CCNS(=O)(=O)c1ccccc1F)NCc1nccnc1-c1cccs1. The third kappa shape index (κ3) is 4.97. The fourth-order valence-corrected chi connectivity index (χ4v) is 4.28. The first-order valence-electron chi connectivity index (χ1n) is 8.32. The van der Waals surface area contributed by atoms with Gasteiger partial charge in [-0.3, -0.25) is 14.8 Å². The van der Waals surface area contributed by atoms with Crippen LogP contribution in [-0.4, -0.2) is 30.8 Å². The van der Waals surface area contributed by atoms with Gasteiger partial charge in [-0.25, -0.2) is 17.5 Å². The second-order valence-corrected chi connectivity index (χ2v) is 8.37. The molecule has 3 rings (SSSR count). The van der Waals surface area contributed by atoms with Crippen LogP contribution in [0.4, 0.5) is 4.39 Å². The molecule has 10 heteroatoms. The van der Waals surface area contributed by atoms with Crippen molar-refractivity contribution in [3.8, 4) is 10.6 Å². The fourth-order valence-electron chi connectivity index (χ4n) is 2.43. The Kier molecular flexibility index (Phi) is 6.45. The third-order valence-corrected chi connectivity index (χ3v) is 6.12. The van der Waals surface area contributed by atoms with Gasteiger partial charge >= 0.3 is 0 Å². The van der Waals surface area contributed by atoms with Gasteiger partial charge in [-0.1, -0.05) is 18.2 Å². The van der Waals surface area contributed by atoms with Gasteiger partial charge in [0, 0.05) is 25.4 Å². The average Bonchev–Trinajstić information content (AvgIpc) is 3.21. The molecule has 0 radical (unpaired) electrons. The van der Waals surface area contributed by atoms with Crippen molar-refractivity contribution in [1.82, 2.24) is 20.0 Å². The second-order valence-electron chi connectivity index (χ2n) is 5.68. The Bertz CT molecular complexity index is 1060. The molecule has 0 aliphatic carbocycles. The van der Waals surface area contributed by atoms with E-state index in [0.29, 0.717) is 11.4 Å². The molecule has 1 amide bonds. The van der Waals surface area contributed by atoms with Crippen LogP contribution in [-0.2, 0) is 21.4 Å². The van der Waals surface area contributed by atoms with Crippen LogP contribution in [0.5, 0.6) is 0 Å². The molecule has 0 saturated heterocycles. The topological polar surface area (TPSA) is 101 Å². The minimum Gasteiger partial charge on any atom is -0.350 e. The monoisotopic (exact) mass is 420 g/mol. The lowest BCUT2D eigenvalue weighted by molar-refractivity contribution is -0.121. The first kappa shape index (κ1) is 20.1. The van der Waals surface area contributed by atoms with Gasteiger partial charge in [0.1, 0.15) is 16.4 Å². The number of aromatic nitrogens is 2. The largest absolute Gasteiger partial charge is 0.350 e. The Balaban J connectivity index is 1.53. The van der Waals surface area contributed by atoms with E-state index in [9.17, 15) is 17.6 Å². The van der Waals surface area contributed by atoms with Crippen molar-refractivity contribution < 1.29 is 17.6 Å². The molecular weight excluding hydrogens is 403 g/mol. The van der Waals surface area contributed by atoms with E-state index in [1.54, 1.807) is 12.4 Å². The molecule has 1 aromatic carbocycles. The molecule has 0 bridgehead atoms. The lowest BCUT2D eigenvalue weighted by Gasteiger charge is -2.09. The highest BCUT2D eigenvalue weighted by Crippen LogP contribution is 2.24. The molecule has 0 spiro atoms. The Labute approximate surface area is 165 Å². The molecule has 7 nitrogen and oxygen atoms in total. The molecule has 2 N–H and O–H groups in total. The van der Waals surface area contributed by atoms with Crippen LogP contribution in [0.25, 0.3) is 10.6 Å². The molecule has 0 aliphatic heterocycles. The zero-order chi connectivity index (χ0) is 20.0. The number of hydrogen-bond donors (Lipinski definition) is 2. The molecule has 2 aromatic heterocycles. The van der Waals surface area contributed by atoms with Gasteiger partial charge < -0.3 is 5.32 Å². The van der Waals surface area contributed by atoms with Crippen molar-refractivity contribution in [3.05, 3.63) is 65.7 Å². The summed E-state index contributed by atoms with van der Waals surface area (Å²) in [7, 11) is -4.02. The molecular formula is C18H17FN4O3S2. The van der Waals surface area contributed by atoms with E-state index in [-0.39, 0.29) is 25.4 Å². The number of carbonyl (C=O) groups excluding carboxylic acids is 1. The fraction of sp³-hybridized carbons (Fsp3) is 0.167. The van der Waals surface area contributed by atoms with E-state index < -0.39 is 20.7 Å². The van der Waals surface area contributed by atoms with E-state index in [1.165, 1.54) is 23.5 Å². The van der Waals surface area contributed by atoms with Crippen molar-refractivity contribution in [2.75, 3.05) is 6.54 Å². The molecule has 2 heterocycles. The standard InChI is InChI=1S/C18H17FN4O3S2/c19-13-4-1-2-6-16(13)28(25,26)23-8-7-17(24)22-12-14-18(21-10-9-20-14)15-5-3-11-27-15/h1-6,9-11,23H,7-8,12H2,(H,22,24). The molecule has 0 fully saturated rings. The van der Waals surface area contributed by atoms with Gasteiger partial charge in [0.15, 0.2) is 0 Å². The summed E-state index contributed by atoms with van der Waals surface area (Å²) < 4.78 is 40.0. The maximum absolute atomic E-state index is 13.6. The maximum atomic E-state index is 13.6. The summed E-state index contributed by atoms with van der Waals surface area (Å²) in [6.45, 7) is 0.0146. The van der Waals surface area contributed by atoms with Crippen molar-refractivity contribution in [2.24, 2.45) is 0 Å². The minimum atomic E-state index is -4.02. The van der Waals surface area contributed by atoms with E-state index in [4.69, 9.17) is 0 Å². The number of rotatable bonds is 8. The van der Waals surface area contributed by atoms with Crippen LogP contribution < -0.4 is 10.0 Å². The molecule has 146 valence electrons. The van der Waals surface area contributed by atoms with Gasteiger partial charge in [-0.2, -0.15) is 0 Å². The molecule has 0 saturated carbocycles. The van der Waals surface area contributed by atoms with E-state index >= 15 is 0 Å². The zero-order valence-electron chi connectivity index (χ0n) is 14.6. The lowest BCUT2D eigenvalue weighted by Crippen LogP contribution is -2.31. The summed E-state index contributed by atoms with van der Waals surface area (Å²) in [5, 5.41) is 4.62. The quantitative estimate of drug-likeness (QED) is 0.582. The predicted molar refractivity (Wildman–Crippen MR) is 103 cm³/mol. The molecule has 0 aliphatic rings. The van der Waals surface area contributed by atoms with Crippen LogP contribution in [0.3, 0.4) is 0 Å². The summed E-state index contributed by atoms with van der Waals surface area (Å²) in [5.74, 6) is -1.21. The van der Waals surface area contributed by atoms with Crippen LogP contribution in [0, 0.1) is 5.82 Å². The van der Waals surface area contributed by atoms with Crippen molar-refractivity contribution in [1.29, 1.82) is 0 Å². The maximum Gasteiger partial charge on any atom is 0.243 e. The number of thiophene rings is 1. The van der Waals surface area contributed by atoms with Gasteiger partial charge in [-0.15, -0.1) is 11.3 Å². The molecule has 28 heavy (non-hydrogen) atoms. The normalized spacial score (nSPS) is 11.3. The number of hydrogen-bond acceptors (Lipinski definition) is 6. The minimum absolute atomic E-state index is 0.0950. The first-order valence-corrected chi connectivity index (χ1v) is 10.7. The summed E-state index contributed by atoms with van der Waals surface area (Å²) in [5.41, 5.74) is 1.31. The smallest absolute Gasteiger partial charge is 0.243 e. The van der Waals surface area contributed by atoms with Gasteiger partial charge in [0.2, 0.25) is 15.9 Å². The summed E-state index contributed by atoms with van der Waals surface area (Å²) >= 11 is 1.52. The number of benzene rings is 1. The van der Waals surface area contributed by atoms with Crippen LogP contribution in [0.2, 0.25) is 0 Å². The Morgan fingerprint density at radius 3 is 2.64 bits per heavy atom.